The number of piperazine rings is 1. The molecule has 0 saturated carbocycles. The molecule has 6 heteroatoms. The van der Waals surface area contributed by atoms with Gasteiger partial charge >= 0.3 is 0 Å². The number of carbonyl (C=O) groups excluding carboxylic acids is 2. The number of nitrogens with zero attached hydrogens (tertiary/aromatic N) is 2. The summed E-state index contributed by atoms with van der Waals surface area (Å²) in [6.45, 7) is 8.48. The van der Waals surface area contributed by atoms with Gasteiger partial charge in [-0.15, -0.1) is 0 Å². The third-order valence-electron chi connectivity index (χ3n) is 5.48. The first kappa shape index (κ1) is 20.9. The number of hydrogen-bond donors (Lipinski definition) is 1. The number of amides is 2. The number of nitrogens with one attached hydrogen (secondary N) is 1. The van der Waals surface area contributed by atoms with Crippen molar-refractivity contribution in [2.75, 3.05) is 46.4 Å². The third kappa shape index (κ3) is 5.35. The second-order valence-electron chi connectivity index (χ2n) is 7.42. The van der Waals surface area contributed by atoms with Crippen LogP contribution in [0.3, 0.4) is 0 Å². The fourth-order valence-corrected chi connectivity index (χ4v) is 3.40. The standard InChI is InChI=1S/C23H29N3O3/c1-17-4-5-20(16-18(17)2)23(28)26-14-12-25(13-15-26)11-10-24-22(27)19-6-8-21(29-3)9-7-19/h4-9,16H,10-15H2,1-3H3,(H,24,27). The van der Waals surface area contributed by atoms with Crippen molar-refractivity contribution >= 4 is 11.8 Å². The van der Waals surface area contributed by atoms with Gasteiger partial charge in [0.05, 0.1) is 7.11 Å². The van der Waals surface area contributed by atoms with E-state index in [1.54, 1.807) is 31.4 Å². The van der Waals surface area contributed by atoms with Crippen LogP contribution >= 0.6 is 0 Å². The molecule has 2 amide bonds. The van der Waals surface area contributed by atoms with E-state index in [0.717, 1.165) is 36.5 Å². The average Bonchev–Trinajstić information content (AvgIpc) is 2.75. The van der Waals surface area contributed by atoms with Crippen molar-refractivity contribution in [3.05, 3.63) is 64.7 Å². The zero-order valence-electron chi connectivity index (χ0n) is 17.4. The van der Waals surface area contributed by atoms with Gasteiger partial charge in [-0.25, -0.2) is 0 Å². The molecule has 0 aromatic heterocycles. The zero-order chi connectivity index (χ0) is 20.8. The molecule has 2 aromatic carbocycles. The SMILES string of the molecule is COc1ccc(C(=O)NCCN2CCN(C(=O)c3ccc(C)c(C)c3)CC2)cc1. The Morgan fingerprint density at radius 2 is 1.59 bits per heavy atom. The van der Waals surface area contributed by atoms with Crippen LogP contribution in [0.1, 0.15) is 31.8 Å². The van der Waals surface area contributed by atoms with Gasteiger partial charge in [0.25, 0.3) is 11.8 Å². The van der Waals surface area contributed by atoms with Gasteiger partial charge in [0.2, 0.25) is 0 Å². The summed E-state index contributed by atoms with van der Waals surface area (Å²) in [6.07, 6.45) is 0. The Balaban J connectivity index is 1.42. The molecule has 1 fully saturated rings. The highest BCUT2D eigenvalue weighted by Crippen LogP contribution is 2.14. The summed E-state index contributed by atoms with van der Waals surface area (Å²) < 4.78 is 5.11. The van der Waals surface area contributed by atoms with Gasteiger partial charge in [0, 0.05) is 50.4 Å². The lowest BCUT2D eigenvalue weighted by atomic mass is 10.1. The molecule has 0 spiro atoms. The molecule has 0 atom stereocenters. The molecule has 6 nitrogen and oxygen atoms in total. The highest BCUT2D eigenvalue weighted by Gasteiger charge is 2.22. The molecule has 3 rings (SSSR count). The molecule has 2 aromatic rings. The van der Waals surface area contributed by atoms with Crippen molar-refractivity contribution < 1.29 is 14.3 Å². The minimum absolute atomic E-state index is 0.0868. The lowest BCUT2D eigenvalue weighted by molar-refractivity contribution is 0.0638. The average molecular weight is 396 g/mol. The molecule has 1 aliphatic heterocycles. The Bertz CT molecular complexity index is 856. The smallest absolute Gasteiger partial charge is 0.253 e. The number of carbonyl (C=O) groups is 2. The predicted molar refractivity (Wildman–Crippen MR) is 114 cm³/mol. The van der Waals surface area contributed by atoms with E-state index in [2.05, 4.69) is 17.1 Å². The van der Waals surface area contributed by atoms with E-state index in [0.29, 0.717) is 25.2 Å². The van der Waals surface area contributed by atoms with E-state index in [1.165, 1.54) is 5.56 Å². The number of benzene rings is 2. The maximum Gasteiger partial charge on any atom is 0.253 e. The Labute approximate surface area is 172 Å². The van der Waals surface area contributed by atoms with Gasteiger partial charge in [-0.05, 0) is 61.4 Å². The lowest BCUT2D eigenvalue weighted by Crippen LogP contribution is -2.50. The summed E-state index contributed by atoms with van der Waals surface area (Å²) in [5.41, 5.74) is 3.72. The fraction of sp³-hybridized carbons (Fsp3) is 0.391. The van der Waals surface area contributed by atoms with E-state index in [-0.39, 0.29) is 11.8 Å². The van der Waals surface area contributed by atoms with Gasteiger partial charge < -0.3 is 15.0 Å². The molecule has 0 radical (unpaired) electrons. The van der Waals surface area contributed by atoms with Crippen LogP contribution in [0.5, 0.6) is 5.75 Å². The highest BCUT2D eigenvalue weighted by atomic mass is 16.5. The minimum Gasteiger partial charge on any atom is -0.497 e. The molecule has 1 heterocycles. The zero-order valence-corrected chi connectivity index (χ0v) is 17.4. The van der Waals surface area contributed by atoms with E-state index in [4.69, 9.17) is 4.74 Å². The first-order valence-electron chi connectivity index (χ1n) is 9.99. The molecule has 0 unspecified atom stereocenters. The summed E-state index contributed by atoms with van der Waals surface area (Å²) in [6, 6.07) is 13.0. The van der Waals surface area contributed by atoms with Crippen molar-refractivity contribution in [1.29, 1.82) is 0 Å². The Hall–Kier alpha value is -2.86. The van der Waals surface area contributed by atoms with Crippen LogP contribution < -0.4 is 10.1 Å². The van der Waals surface area contributed by atoms with Crippen molar-refractivity contribution in [3.8, 4) is 5.75 Å². The minimum atomic E-state index is -0.0868. The molecule has 0 aliphatic carbocycles. The van der Waals surface area contributed by atoms with E-state index in [9.17, 15) is 9.59 Å². The largest absolute Gasteiger partial charge is 0.497 e. The van der Waals surface area contributed by atoms with E-state index >= 15 is 0 Å². The Morgan fingerprint density at radius 3 is 2.21 bits per heavy atom. The van der Waals surface area contributed by atoms with Crippen LogP contribution in [0.4, 0.5) is 0 Å². The first-order valence-corrected chi connectivity index (χ1v) is 9.99. The molecule has 0 bridgehead atoms. The van der Waals surface area contributed by atoms with Crippen LogP contribution in [0.2, 0.25) is 0 Å². The maximum absolute atomic E-state index is 12.7. The topological polar surface area (TPSA) is 61.9 Å². The summed E-state index contributed by atoms with van der Waals surface area (Å²) in [7, 11) is 1.60. The number of hydrogen-bond acceptors (Lipinski definition) is 4. The summed E-state index contributed by atoms with van der Waals surface area (Å²) >= 11 is 0. The Kier molecular flexibility index (Phi) is 6.88. The van der Waals surface area contributed by atoms with Crippen LogP contribution in [0.15, 0.2) is 42.5 Å². The molecule has 1 aliphatic rings. The number of ether oxygens (including phenoxy) is 1. The monoisotopic (exact) mass is 395 g/mol. The van der Waals surface area contributed by atoms with Gasteiger partial charge in [-0.3, -0.25) is 14.5 Å². The van der Waals surface area contributed by atoms with Crippen molar-refractivity contribution in [2.45, 2.75) is 13.8 Å². The van der Waals surface area contributed by atoms with Crippen molar-refractivity contribution in [2.24, 2.45) is 0 Å². The lowest BCUT2D eigenvalue weighted by Gasteiger charge is -2.34. The summed E-state index contributed by atoms with van der Waals surface area (Å²) in [5.74, 6) is 0.742. The summed E-state index contributed by atoms with van der Waals surface area (Å²) in [4.78, 5) is 29.1. The third-order valence-corrected chi connectivity index (χ3v) is 5.48. The maximum atomic E-state index is 12.7. The van der Waals surface area contributed by atoms with Crippen LogP contribution in [0, 0.1) is 13.8 Å². The molecular weight excluding hydrogens is 366 g/mol. The highest BCUT2D eigenvalue weighted by molar-refractivity contribution is 5.95. The molecule has 154 valence electrons. The van der Waals surface area contributed by atoms with E-state index in [1.807, 2.05) is 30.0 Å². The number of aryl methyl sites for hydroxylation is 2. The predicted octanol–water partition coefficient (Wildman–Crippen LogP) is 2.50. The van der Waals surface area contributed by atoms with Gasteiger partial charge in [0.1, 0.15) is 5.75 Å². The number of rotatable bonds is 6. The Morgan fingerprint density at radius 1 is 0.931 bits per heavy atom. The molecule has 29 heavy (non-hydrogen) atoms. The summed E-state index contributed by atoms with van der Waals surface area (Å²) in [5, 5.41) is 2.95. The van der Waals surface area contributed by atoms with Gasteiger partial charge in [0.15, 0.2) is 0 Å². The molecule has 1 saturated heterocycles. The number of methoxy groups -OCH3 is 1. The van der Waals surface area contributed by atoms with Gasteiger partial charge in [-0.2, -0.15) is 0 Å². The second-order valence-corrected chi connectivity index (χ2v) is 7.42. The second kappa shape index (κ2) is 9.56. The van der Waals surface area contributed by atoms with Crippen LogP contribution in [-0.4, -0.2) is 68.0 Å². The normalized spacial score (nSPS) is 14.5. The van der Waals surface area contributed by atoms with Gasteiger partial charge in [-0.1, -0.05) is 6.07 Å². The van der Waals surface area contributed by atoms with Crippen molar-refractivity contribution in [1.82, 2.24) is 15.1 Å². The first-order chi connectivity index (χ1) is 14.0. The fourth-order valence-electron chi connectivity index (χ4n) is 3.40. The quantitative estimate of drug-likeness (QED) is 0.816. The van der Waals surface area contributed by atoms with E-state index < -0.39 is 0 Å². The molecular formula is C23H29N3O3. The van der Waals surface area contributed by atoms with Crippen molar-refractivity contribution in [3.63, 3.8) is 0 Å². The van der Waals surface area contributed by atoms with Crippen LogP contribution in [-0.2, 0) is 0 Å². The molecule has 1 N–H and O–H groups in total. The van der Waals surface area contributed by atoms with Crippen LogP contribution in [0.25, 0.3) is 0 Å².